The first kappa shape index (κ1) is 15.9. The summed E-state index contributed by atoms with van der Waals surface area (Å²) in [4.78, 5) is 14.6. The smallest absolute Gasteiger partial charge is 0.303 e. The van der Waals surface area contributed by atoms with E-state index in [1.807, 2.05) is 0 Å². The third-order valence-electron chi connectivity index (χ3n) is 2.16. The summed E-state index contributed by atoms with van der Waals surface area (Å²) >= 11 is 1.33. The van der Waals surface area contributed by atoms with E-state index in [-0.39, 0.29) is 18.7 Å². The van der Waals surface area contributed by atoms with E-state index in [1.165, 1.54) is 11.3 Å². The summed E-state index contributed by atoms with van der Waals surface area (Å²) in [5.41, 5.74) is 0.699. The second-order valence-electron chi connectivity index (χ2n) is 3.78. The predicted molar refractivity (Wildman–Crippen MR) is 74.0 cm³/mol. The zero-order chi connectivity index (χ0) is 14.3. The van der Waals surface area contributed by atoms with Crippen LogP contribution in [0.1, 0.15) is 19.0 Å². The monoisotopic (exact) mass is 307 g/mol. The maximum absolute atomic E-state index is 11.4. The Balaban J connectivity index is 2.36. The lowest BCUT2D eigenvalue weighted by molar-refractivity contribution is -0.136. The number of rotatable bonds is 9. The van der Waals surface area contributed by atoms with Crippen molar-refractivity contribution in [3.05, 3.63) is 11.1 Å². The number of sulfonamides is 1. The number of aromatic nitrogens is 1. The van der Waals surface area contributed by atoms with Gasteiger partial charge in [-0.25, -0.2) is 18.1 Å². The van der Waals surface area contributed by atoms with Gasteiger partial charge in [0.15, 0.2) is 5.13 Å². The zero-order valence-corrected chi connectivity index (χ0v) is 12.2. The van der Waals surface area contributed by atoms with Gasteiger partial charge in [0.2, 0.25) is 10.0 Å². The molecule has 9 heteroatoms. The van der Waals surface area contributed by atoms with Crippen molar-refractivity contribution in [1.82, 2.24) is 9.71 Å². The molecule has 0 radical (unpaired) electrons. The second kappa shape index (κ2) is 7.41. The van der Waals surface area contributed by atoms with Crippen LogP contribution in [-0.2, 0) is 21.2 Å². The molecule has 0 saturated carbocycles. The minimum absolute atomic E-state index is 0.0229. The van der Waals surface area contributed by atoms with Crippen molar-refractivity contribution in [3.63, 3.8) is 0 Å². The van der Waals surface area contributed by atoms with Crippen LogP contribution in [0.3, 0.4) is 0 Å². The fraction of sp³-hybridized carbons (Fsp3) is 0.600. The van der Waals surface area contributed by atoms with Crippen LogP contribution < -0.4 is 10.0 Å². The molecule has 7 nitrogen and oxygen atoms in total. The van der Waals surface area contributed by atoms with E-state index in [0.29, 0.717) is 23.8 Å². The van der Waals surface area contributed by atoms with Crippen molar-refractivity contribution in [3.8, 4) is 0 Å². The number of carboxylic acid groups (broad SMARTS) is 1. The van der Waals surface area contributed by atoms with Gasteiger partial charge in [0, 0.05) is 24.9 Å². The third-order valence-corrected chi connectivity index (χ3v) is 4.48. The van der Waals surface area contributed by atoms with E-state index in [2.05, 4.69) is 15.0 Å². The minimum atomic E-state index is -3.23. The normalized spacial score (nSPS) is 11.4. The van der Waals surface area contributed by atoms with Gasteiger partial charge >= 0.3 is 5.97 Å². The van der Waals surface area contributed by atoms with Crippen LogP contribution in [0, 0.1) is 0 Å². The Morgan fingerprint density at radius 1 is 1.53 bits per heavy atom. The molecule has 0 fully saturated rings. The van der Waals surface area contributed by atoms with Gasteiger partial charge in [-0.2, -0.15) is 0 Å². The van der Waals surface area contributed by atoms with Gasteiger partial charge in [0.25, 0.3) is 0 Å². The first-order chi connectivity index (χ1) is 8.93. The molecule has 108 valence electrons. The second-order valence-corrected chi connectivity index (χ2v) is 6.57. The van der Waals surface area contributed by atoms with Gasteiger partial charge in [0.1, 0.15) is 0 Å². The highest BCUT2D eigenvalue weighted by Crippen LogP contribution is 2.16. The van der Waals surface area contributed by atoms with Crippen molar-refractivity contribution in [2.24, 2.45) is 0 Å². The van der Waals surface area contributed by atoms with Crippen LogP contribution in [0.15, 0.2) is 5.38 Å². The number of nitrogens with zero attached hydrogens (tertiary/aromatic N) is 1. The Labute approximate surface area is 116 Å². The number of nitrogens with one attached hydrogen (secondary N) is 2. The van der Waals surface area contributed by atoms with Gasteiger partial charge in [-0.15, -0.1) is 11.3 Å². The molecule has 0 bridgehead atoms. The van der Waals surface area contributed by atoms with Crippen molar-refractivity contribution in [2.45, 2.75) is 19.8 Å². The Morgan fingerprint density at radius 3 is 2.89 bits per heavy atom. The van der Waals surface area contributed by atoms with Crippen molar-refractivity contribution in [2.75, 3.05) is 24.2 Å². The van der Waals surface area contributed by atoms with Crippen LogP contribution in [0.5, 0.6) is 0 Å². The molecular formula is C10H17N3O4S2. The quantitative estimate of drug-likeness (QED) is 0.613. The van der Waals surface area contributed by atoms with E-state index in [9.17, 15) is 13.2 Å². The lowest BCUT2D eigenvalue weighted by atomic mass is 10.2. The zero-order valence-electron chi connectivity index (χ0n) is 10.5. The molecule has 0 unspecified atom stereocenters. The van der Waals surface area contributed by atoms with Gasteiger partial charge in [-0.05, 0) is 0 Å². The van der Waals surface area contributed by atoms with Crippen LogP contribution in [-0.4, -0.2) is 43.3 Å². The van der Waals surface area contributed by atoms with Crippen molar-refractivity contribution in [1.29, 1.82) is 0 Å². The third kappa shape index (κ3) is 6.50. The number of thiazole rings is 1. The van der Waals surface area contributed by atoms with E-state index in [1.54, 1.807) is 12.3 Å². The van der Waals surface area contributed by atoms with Crippen LogP contribution in [0.2, 0.25) is 0 Å². The molecular weight excluding hydrogens is 290 g/mol. The lowest BCUT2D eigenvalue weighted by Gasteiger charge is -2.04. The number of hydrogen-bond acceptors (Lipinski definition) is 6. The van der Waals surface area contributed by atoms with Gasteiger partial charge in [-0.3, -0.25) is 4.79 Å². The molecule has 0 aliphatic heterocycles. The summed E-state index contributed by atoms with van der Waals surface area (Å²) in [7, 11) is -3.23. The molecule has 0 aromatic carbocycles. The molecule has 19 heavy (non-hydrogen) atoms. The SMILES string of the molecule is CCNS(=O)(=O)CCNc1nc(CCC(=O)O)cs1. The maximum atomic E-state index is 11.4. The summed E-state index contributed by atoms with van der Waals surface area (Å²) in [5, 5.41) is 13.8. The highest BCUT2D eigenvalue weighted by Gasteiger charge is 2.09. The predicted octanol–water partition coefficient (Wildman–Crippen LogP) is 0.511. The van der Waals surface area contributed by atoms with Crippen LogP contribution in [0.25, 0.3) is 0 Å². The van der Waals surface area contributed by atoms with Crippen LogP contribution in [0.4, 0.5) is 5.13 Å². The highest BCUT2D eigenvalue weighted by atomic mass is 32.2. The molecule has 0 amide bonds. The minimum Gasteiger partial charge on any atom is -0.481 e. The average molecular weight is 307 g/mol. The van der Waals surface area contributed by atoms with Crippen LogP contribution >= 0.6 is 11.3 Å². The Hall–Kier alpha value is -1.19. The molecule has 1 rings (SSSR count). The van der Waals surface area contributed by atoms with E-state index in [0.717, 1.165) is 0 Å². The largest absolute Gasteiger partial charge is 0.481 e. The number of aryl methyl sites for hydroxylation is 1. The van der Waals surface area contributed by atoms with E-state index >= 15 is 0 Å². The van der Waals surface area contributed by atoms with Gasteiger partial charge < -0.3 is 10.4 Å². The number of anilines is 1. The number of hydrogen-bond donors (Lipinski definition) is 3. The molecule has 3 N–H and O–H groups in total. The number of carbonyl (C=O) groups is 1. The molecule has 1 aromatic rings. The summed E-state index contributed by atoms with van der Waals surface area (Å²) < 4.78 is 25.1. The molecule has 0 spiro atoms. The Morgan fingerprint density at radius 2 is 2.26 bits per heavy atom. The van der Waals surface area contributed by atoms with E-state index in [4.69, 9.17) is 5.11 Å². The fourth-order valence-corrected chi connectivity index (χ4v) is 3.05. The summed E-state index contributed by atoms with van der Waals surface area (Å²) in [6.45, 7) is 2.36. The van der Waals surface area contributed by atoms with Gasteiger partial charge in [0.05, 0.1) is 17.9 Å². The highest BCUT2D eigenvalue weighted by molar-refractivity contribution is 7.89. The van der Waals surface area contributed by atoms with Crippen molar-refractivity contribution >= 4 is 32.5 Å². The first-order valence-corrected chi connectivity index (χ1v) is 8.33. The average Bonchev–Trinajstić information content (AvgIpc) is 2.74. The summed E-state index contributed by atoms with van der Waals surface area (Å²) in [6.07, 6.45) is 0.418. The van der Waals surface area contributed by atoms with E-state index < -0.39 is 16.0 Å². The standard InChI is InChI=1S/C10H17N3O4S2/c1-2-12-19(16,17)6-5-11-10-13-8(7-18-10)3-4-9(14)15/h7,12H,2-6H2,1H3,(H,11,13)(H,14,15). The van der Waals surface area contributed by atoms with Gasteiger partial charge in [-0.1, -0.05) is 6.92 Å². The molecule has 1 aromatic heterocycles. The lowest BCUT2D eigenvalue weighted by Crippen LogP contribution is -2.29. The summed E-state index contributed by atoms with van der Waals surface area (Å²) in [5.74, 6) is -0.885. The van der Waals surface area contributed by atoms with Crippen molar-refractivity contribution < 1.29 is 18.3 Å². The fourth-order valence-electron chi connectivity index (χ4n) is 1.32. The molecule has 0 aliphatic carbocycles. The first-order valence-electron chi connectivity index (χ1n) is 5.80. The number of aliphatic carboxylic acids is 1. The summed E-state index contributed by atoms with van der Waals surface area (Å²) in [6, 6.07) is 0. The molecule has 0 atom stereocenters. The Bertz CT molecular complexity index is 513. The maximum Gasteiger partial charge on any atom is 0.303 e. The Kier molecular flexibility index (Phi) is 6.19. The molecule has 0 saturated heterocycles. The number of carboxylic acids is 1. The molecule has 1 heterocycles. The molecule has 0 aliphatic rings. The topological polar surface area (TPSA) is 108 Å².